The van der Waals surface area contributed by atoms with Crippen LogP contribution in [0.2, 0.25) is 0 Å². The topological polar surface area (TPSA) is 115 Å². The number of thiazole rings is 1. The van der Waals surface area contributed by atoms with Gasteiger partial charge in [-0.2, -0.15) is 0 Å². The molecule has 2 aromatic carbocycles. The van der Waals surface area contributed by atoms with E-state index < -0.39 is 26.7 Å². The van der Waals surface area contributed by atoms with Crippen LogP contribution < -0.4 is 5.32 Å². The van der Waals surface area contributed by atoms with E-state index in [0.29, 0.717) is 16.4 Å². The van der Waals surface area contributed by atoms with Gasteiger partial charge in [-0.1, -0.05) is 53.1 Å². The molecule has 0 atom stereocenters. The van der Waals surface area contributed by atoms with E-state index in [1.54, 1.807) is 17.5 Å². The van der Waals surface area contributed by atoms with E-state index >= 15 is 0 Å². The molecule has 0 fully saturated rings. The van der Waals surface area contributed by atoms with Gasteiger partial charge in [-0.25, -0.2) is 13.4 Å². The van der Waals surface area contributed by atoms with Gasteiger partial charge in [0.1, 0.15) is 5.75 Å². The first kappa shape index (κ1) is 19.9. The lowest BCUT2D eigenvalue weighted by atomic mass is 10.1. The zero-order valence-corrected chi connectivity index (χ0v) is 17.4. The molecule has 2 aromatic heterocycles. The summed E-state index contributed by atoms with van der Waals surface area (Å²) >= 11 is 1.21. The van der Waals surface area contributed by atoms with Crippen molar-refractivity contribution in [3.05, 3.63) is 65.5 Å². The third-order valence-electron chi connectivity index (χ3n) is 4.11. The first-order chi connectivity index (χ1) is 14.4. The molecule has 30 heavy (non-hydrogen) atoms. The number of sulfone groups is 1. The van der Waals surface area contributed by atoms with Gasteiger partial charge in [0.15, 0.2) is 5.13 Å². The molecule has 0 saturated carbocycles. The Labute approximate surface area is 176 Å². The number of carbonyl (C=O) groups excluding carboxylic acids is 1. The number of rotatable bonds is 6. The van der Waals surface area contributed by atoms with Crippen LogP contribution in [0.15, 0.2) is 69.6 Å². The van der Waals surface area contributed by atoms with Crippen molar-refractivity contribution in [1.29, 1.82) is 0 Å². The van der Waals surface area contributed by atoms with Crippen LogP contribution in [0.5, 0.6) is 0 Å². The molecule has 0 saturated heterocycles. The average molecular weight is 441 g/mol. The number of carbonyl (C=O) groups is 1. The fourth-order valence-electron chi connectivity index (χ4n) is 2.61. The van der Waals surface area contributed by atoms with Crippen molar-refractivity contribution in [2.45, 2.75) is 12.1 Å². The number of hydrogen-bond acceptors (Lipinski definition) is 8. The molecule has 2 heterocycles. The molecule has 0 radical (unpaired) electrons. The number of nitrogens with one attached hydrogen (secondary N) is 1. The van der Waals surface area contributed by atoms with E-state index in [2.05, 4.69) is 20.5 Å². The number of benzene rings is 2. The summed E-state index contributed by atoms with van der Waals surface area (Å²) < 4.78 is 30.3. The van der Waals surface area contributed by atoms with Crippen LogP contribution in [0, 0.1) is 6.92 Å². The van der Waals surface area contributed by atoms with Crippen LogP contribution in [0.25, 0.3) is 22.7 Å². The SMILES string of the molecule is Cc1ccc(-c2nnc(S(=O)(=O)CC(=O)Nc3nc(-c4ccccc4)cs3)o2)cc1. The maximum atomic E-state index is 12.5. The molecule has 152 valence electrons. The fourth-order valence-corrected chi connectivity index (χ4v) is 4.26. The zero-order valence-electron chi connectivity index (χ0n) is 15.8. The molecule has 0 aliphatic heterocycles. The standard InChI is InChI=1S/C20H16N4O4S2/c1-13-7-9-15(10-8-13)18-23-24-20(28-18)30(26,27)12-17(25)22-19-21-16(11-29-19)14-5-3-2-4-6-14/h2-11H,12H2,1H3,(H,21,22,25). The number of amides is 1. The smallest absolute Gasteiger partial charge is 0.336 e. The third-order valence-corrected chi connectivity index (χ3v) is 6.21. The van der Waals surface area contributed by atoms with E-state index in [-0.39, 0.29) is 5.89 Å². The van der Waals surface area contributed by atoms with Crippen LogP contribution in [0.4, 0.5) is 5.13 Å². The summed E-state index contributed by atoms with van der Waals surface area (Å²) in [4.78, 5) is 16.6. The molecule has 1 N–H and O–H groups in total. The van der Waals surface area contributed by atoms with E-state index in [4.69, 9.17) is 4.42 Å². The van der Waals surface area contributed by atoms with Crippen LogP contribution in [-0.4, -0.2) is 35.3 Å². The lowest BCUT2D eigenvalue weighted by molar-refractivity contribution is -0.113. The Morgan fingerprint density at radius 3 is 2.50 bits per heavy atom. The van der Waals surface area contributed by atoms with Gasteiger partial charge in [-0.3, -0.25) is 4.79 Å². The molecular formula is C20H16N4O4S2. The quantitative estimate of drug-likeness (QED) is 0.487. The molecule has 0 bridgehead atoms. The maximum Gasteiger partial charge on any atom is 0.336 e. The minimum absolute atomic E-state index is 0.0707. The highest BCUT2D eigenvalue weighted by Gasteiger charge is 2.27. The van der Waals surface area contributed by atoms with E-state index in [0.717, 1.165) is 11.1 Å². The van der Waals surface area contributed by atoms with Crippen molar-refractivity contribution in [1.82, 2.24) is 15.2 Å². The molecule has 0 spiro atoms. The number of aromatic nitrogens is 3. The highest BCUT2D eigenvalue weighted by Crippen LogP contribution is 2.25. The van der Waals surface area contributed by atoms with Crippen molar-refractivity contribution < 1.29 is 17.6 Å². The molecular weight excluding hydrogens is 424 g/mol. The molecule has 0 aliphatic carbocycles. The summed E-state index contributed by atoms with van der Waals surface area (Å²) in [5.74, 6) is -1.50. The Bertz CT molecular complexity index is 1280. The third kappa shape index (κ3) is 4.44. The Hall–Kier alpha value is -3.37. The van der Waals surface area contributed by atoms with Crippen molar-refractivity contribution in [2.75, 3.05) is 11.1 Å². The van der Waals surface area contributed by atoms with Crippen molar-refractivity contribution in [3.8, 4) is 22.7 Å². The molecule has 0 unspecified atom stereocenters. The monoisotopic (exact) mass is 440 g/mol. The van der Waals surface area contributed by atoms with Gasteiger partial charge in [0.05, 0.1) is 5.69 Å². The summed E-state index contributed by atoms with van der Waals surface area (Å²) in [6.07, 6.45) is 0. The molecule has 0 aliphatic rings. The van der Waals surface area contributed by atoms with Gasteiger partial charge in [0, 0.05) is 16.5 Å². The van der Waals surface area contributed by atoms with Crippen molar-refractivity contribution >= 4 is 32.2 Å². The summed E-state index contributed by atoms with van der Waals surface area (Å²) in [6, 6.07) is 16.6. The average Bonchev–Trinajstić information content (AvgIpc) is 3.39. The first-order valence-electron chi connectivity index (χ1n) is 8.85. The maximum absolute atomic E-state index is 12.5. The molecule has 10 heteroatoms. The van der Waals surface area contributed by atoms with Crippen molar-refractivity contribution in [2.24, 2.45) is 0 Å². The van der Waals surface area contributed by atoms with E-state index in [1.807, 2.05) is 49.4 Å². The first-order valence-corrected chi connectivity index (χ1v) is 11.4. The molecule has 8 nitrogen and oxygen atoms in total. The summed E-state index contributed by atoms with van der Waals surface area (Å²) in [5, 5.41) is 11.4. The van der Waals surface area contributed by atoms with Gasteiger partial charge < -0.3 is 9.73 Å². The Balaban J connectivity index is 1.44. The Morgan fingerprint density at radius 1 is 1.03 bits per heavy atom. The number of aryl methyl sites for hydroxylation is 1. The van der Waals surface area contributed by atoms with Gasteiger partial charge >= 0.3 is 5.22 Å². The minimum atomic E-state index is -4.10. The predicted molar refractivity (Wildman–Crippen MR) is 113 cm³/mol. The largest absolute Gasteiger partial charge is 0.408 e. The summed E-state index contributed by atoms with van der Waals surface area (Å²) in [5.41, 5.74) is 3.23. The second-order valence-corrected chi connectivity index (χ2v) is 9.18. The van der Waals surface area contributed by atoms with Gasteiger partial charge in [-0.15, -0.1) is 16.4 Å². The van der Waals surface area contributed by atoms with Crippen LogP contribution in [0.3, 0.4) is 0 Å². The van der Waals surface area contributed by atoms with E-state index in [9.17, 15) is 13.2 Å². The highest BCUT2D eigenvalue weighted by molar-refractivity contribution is 7.91. The molecule has 1 amide bonds. The molecule has 4 rings (SSSR count). The normalized spacial score (nSPS) is 11.4. The Kier molecular flexibility index (Phi) is 5.42. The zero-order chi connectivity index (χ0) is 21.1. The number of nitrogens with zero attached hydrogens (tertiary/aromatic N) is 3. The van der Waals surface area contributed by atoms with Crippen LogP contribution in [0.1, 0.15) is 5.56 Å². The second-order valence-electron chi connectivity index (χ2n) is 6.45. The van der Waals surface area contributed by atoms with Crippen LogP contribution in [-0.2, 0) is 14.6 Å². The lowest BCUT2D eigenvalue weighted by Gasteiger charge is -2.01. The Morgan fingerprint density at radius 2 is 1.77 bits per heavy atom. The number of anilines is 1. The minimum Gasteiger partial charge on any atom is -0.408 e. The van der Waals surface area contributed by atoms with E-state index in [1.165, 1.54) is 11.3 Å². The van der Waals surface area contributed by atoms with Crippen LogP contribution >= 0.6 is 11.3 Å². The summed E-state index contributed by atoms with van der Waals surface area (Å²) in [6.45, 7) is 1.93. The predicted octanol–water partition coefficient (Wildman–Crippen LogP) is 3.58. The summed E-state index contributed by atoms with van der Waals surface area (Å²) in [7, 11) is -4.10. The molecule has 4 aromatic rings. The number of hydrogen-bond donors (Lipinski definition) is 1. The lowest BCUT2D eigenvalue weighted by Crippen LogP contribution is -2.23. The van der Waals surface area contributed by atoms with Gasteiger partial charge in [0.25, 0.3) is 0 Å². The van der Waals surface area contributed by atoms with Gasteiger partial charge in [0.2, 0.25) is 21.6 Å². The van der Waals surface area contributed by atoms with Gasteiger partial charge in [-0.05, 0) is 19.1 Å². The fraction of sp³-hybridized carbons (Fsp3) is 0.100. The highest BCUT2D eigenvalue weighted by atomic mass is 32.2. The van der Waals surface area contributed by atoms with Crippen molar-refractivity contribution in [3.63, 3.8) is 0 Å². The second kappa shape index (κ2) is 8.17.